The van der Waals surface area contributed by atoms with Gasteiger partial charge < -0.3 is 30.1 Å². The number of hydrogen-bond acceptors (Lipinski definition) is 7. The van der Waals surface area contributed by atoms with Crippen molar-refractivity contribution >= 4 is 23.3 Å². The molecule has 2 aromatic carbocycles. The topological polar surface area (TPSA) is 89.8 Å². The van der Waals surface area contributed by atoms with Crippen LogP contribution in [0.5, 0.6) is 5.75 Å². The minimum absolute atomic E-state index is 0.00229. The third-order valence-corrected chi connectivity index (χ3v) is 10.1. The van der Waals surface area contributed by atoms with Crippen LogP contribution in [0.4, 0.5) is 11.5 Å². The van der Waals surface area contributed by atoms with Crippen molar-refractivity contribution in [2.75, 3.05) is 50.1 Å². The van der Waals surface area contributed by atoms with Gasteiger partial charge in [-0.1, -0.05) is 31.5 Å². The highest BCUT2D eigenvalue weighted by Crippen LogP contribution is 2.57. The standard InChI is InChI=1S/C36H46N6O3/c1-6-16-36-22-28(39-35(44)30-8-7-9-31(45-5)24(30)2)21-32(36)42(36)33-15-12-27(23-37-33)34(43)38-25(3)26-10-13-29(14-11-26)41-19-17-40(4)18-20-41/h7-15,23,25,28,32H,6,16-22H2,1-5H3,(H,38,43)(H,39,44)/t25-,28?,32?,36?,42?/m0/s1. The smallest absolute Gasteiger partial charge is 0.253 e. The molecule has 3 fully saturated rings. The fourth-order valence-corrected chi connectivity index (χ4v) is 7.51. The number of nitrogens with one attached hydrogen (secondary N) is 2. The highest BCUT2D eigenvalue weighted by atomic mass is 16.5. The summed E-state index contributed by atoms with van der Waals surface area (Å²) in [5.41, 5.74) is 4.36. The number of aromatic nitrogens is 1. The van der Waals surface area contributed by atoms with Gasteiger partial charge in [-0.05, 0) is 82.1 Å². The van der Waals surface area contributed by atoms with Crippen LogP contribution in [0, 0.1) is 6.92 Å². The molecule has 1 saturated carbocycles. The molecule has 2 amide bonds. The highest BCUT2D eigenvalue weighted by molar-refractivity contribution is 5.96. The molecule has 4 atom stereocenters. The van der Waals surface area contributed by atoms with E-state index >= 15 is 0 Å². The first-order valence-electron chi connectivity index (χ1n) is 16.3. The monoisotopic (exact) mass is 610 g/mol. The lowest BCUT2D eigenvalue weighted by Gasteiger charge is -2.34. The van der Waals surface area contributed by atoms with Crippen LogP contribution in [0.1, 0.15) is 77.4 Å². The number of piperazine rings is 1. The van der Waals surface area contributed by atoms with Crippen molar-refractivity contribution in [1.29, 1.82) is 0 Å². The molecule has 0 bridgehead atoms. The third-order valence-electron chi connectivity index (χ3n) is 10.1. The molecule has 3 unspecified atom stereocenters. The van der Waals surface area contributed by atoms with E-state index < -0.39 is 0 Å². The molecular formula is C36H46N6O3. The maximum Gasteiger partial charge on any atom is 0.253 e. The number of carbonyl (C=O) groups excluding carboxylic acids is 2. The molecule has 1 aromatic heterocycles. The number of ether oxygens (including phenoxy) is 1. The Morgan fingerprint density at radius 1 is 1.04 bits per heavy atom. The summed E-state index contributed by atoms with van der Waals surface area (Å²) in [6.45, 7) is 10.3. The Balaban J connectivity index is 1.05. The lowest BCUT2D eigenvalue weighted by Crippen LogP contribution is -2.44. The molecule has 0 radical (unpaired) electrons. The SMILES string of the molecule is CCCC12CC(NC(=O)c3cccc(OC)c3C)CC1N2c1ccc(C(=O)N[C@@H](C)c2ccc(N3CCN(C)CC3)cc2)cn1. The summed E-state index contributed by atoms with van der Waals surface area (Å²) < 4.78 is 5.41. The Kier molecular flexibility index (Phi) is 8.73. The van der Waals surface area contributed by atoms with E-state index in [1.807, 2.05) is 44.2 Å². The maximum absolute atomic E-state index is 13.1. The first-order valence-corrected chi connectivity index (χ1v) is 16.3. The van der Waals surface area contributed by atoms with E-state index in [9.17, 15) is 9.59 Å². The zero-order chi connectivity index (χ0) is 31.7. The van der Waals surface area contributed by atoms with Gasteiger partial charge in [0, 0.05) is 55.2 Å². The van der Waals surface area contributed by atoms with Crippen LogP contribution in [0.2, 0.25) is 0 Å². The first-order chi connectivity index (χ1) is 21.7. The summed E-state index contributed by atoms with van der Waals surface area (Å²) in [7, 11) is 3.79. The third kappa shape index (κ3) is 6.10. The molecule has 9 nitrogen and oxygen atoms in total. The van der Waals surface area contributed by atoms with Gasteiger partial charge in [0.1, 0.15) is 11.6 Å². The molecular weight excluding hydrogens is 564 g/mol. The number of likely N-dealkylation sites (N-methyl/N-ethyl adjacent to an activating group) is 1. The quantitative estimate of drug-likeness (QED) is 0.314. The highest BCUT2D eigenvalue weighted by Gasteiger charge is 2.67. The van der Waals surface area contributed by atoms with E-state index in [-0.39, 0.29) is 29.4 Å². The van der Waals surface area contributed by atoms with Crippen molar-refractivity contribution in [2.24, 2.45) is 0 Å². The number of pyridine rings is 1. The fraction of sp³-hybridized carbons (Fsp3) is 0.472. The summed E-state index contributed by atoms with van der Waals surface area (Å²) in [4.78, 5) is 38.2. The van der Waals surface area contributed by atoms with Crippen LogP contribution in [-0.2, 0) is 0 Å². The normalized spacial score (nSPS) is 23.3. The zero-order valence-electron chi connectivity index (χ0n) is 27.2. The number of rotatable bonds is 10. The lowest BCUT2D eigenvalue weighted by molar-refractivity contribution is 0.0928. The number of carbonyl (C=O) groups is 2. The number of hydrogen-bond donors (Lipinski definition) is 2. The summed E-state index contributed by atoms with van der Waals surface area (Å²) in [5, 5.41) is 6.42. The van der Waals surface area contributed by atoms with Crippen molar-refractivity contribution in [3.63, 3.8) is 0 Å². The van der Waals surface area contributed by atoms with Gasteiger partial charge in [0.05, 0.1) is 30.3 Å². The van der Waals surface area contributed by atoms with Crippen molar-refractivity contribution < 1.29 is 14.3 Å². The molecule has 238 valence electrons. The largest absolute Gasteiger partial charge is 0.496 e. The molecule has 6 rings (SSSR count). The summed E-state index contributed by atoms with van der Waals surface area (Å²) in [6.07, 6.45) is 5.54. The summed E-state index contributed by atoms with van der Waals surface area (Å²) in [5.74, 6) is 1.43. The molecule has 2 aliphatic heterocycles. The number of nitrogens with zero attached hydrogens (tertiary/aromatic N) is 4. The van der Waals surface area contributed by atoms with E-state index in [4.69, 9.17) is 9.72 Å². The Labute approximate surface area is 266 Å². The molecule has 3 aromatic rings. The Morgan fingerprint density at radius 3 is 2.47 bits per heavy atom. The van der Waals surface area contributed by atoms with Gasteiger partial charge in [-0.15, -0.1) is 0 Å². The number of fused-ring (bicyclic) bond motifs is 1. The molecule has 3 aliphatic rings. The first kappa shape index (κ1) is 30.9. The van der Waals surface area contributed by atoms with Crippen molar-refractivity contribution in [3.8, 4) is 5.75 Å². The molecule has 9 heteroatoms. The van der Waals surface area contributed by atoms with Gasteiger partial charge >= 0.3 is 0 Å². The van der Waals surface area contributed by atoms with Gasteiger partial charge in [-0.3, -0.25) is 9.59 Å². The Bertz CT molecular complexity index is 1520. The van der Waals surface area contributed by atoms with E-state index in [1.54, 1.807) is 13.3 Å². The van der Waals surface area contributed by atoms with Crippen LogP contribution in [0.25, 0.3) is 0 Å². The predicted molar refractivity (Wildman–Crippen MR) is 178 cm³/mol. The van der Waals surface area contributed by atoms with Crippen LogP contribution >= 0.6 is 0 Å². The minimum Gasteiger partial charge on any atom is -0.496 e. The second-order valence-corrected chi connectivity index (χ2v) is 13.0. The van der Waals surface area contributed by atoms with Gasteiger partial charge in [0.15, 0.2) is 0 Å². The van der Waals surface area contributed by atoms with Gasteiger partial charge in [0.25, 0.3) is 11.8 Å². The molecule has 1 aliphatic carbocycles. The molecule has 2 saturated heterocycles. The Hall–Kier alpha value is -4.11. The number of benzene rings is 2. The molecule has 0 spiro atoms. The predicted octanol–water partition coefficient (Wildman–Crippen LogP) is 4.96. The summed E-state index contributed by atoms with van der Waals surface area (Å²) in [6, 6.07) is 18.3. The average Bonchev–Trinajstić information content (AvgIpc) is 3.49. The van der Waals surface area contributed by atoms with E-state index in [0.717, 1.165) is 74.6 Å². The molecule has 2 N–H and O–H groups in total. The van der Waals surface area contributed by atoms with E-state index in [1.165, 1.54) is 5.69 Å². The fourth-order valence-electron chi connectivity index (χ4n) is 7.51. The minimum atomic E-state index is -0.130. The second-order valence-electron chi connectivity index (χ2n) is 13.0. The second kappa shape index (κ2) is 12.7. The van der Waals surface area contributed by atoms with Crippen LogP contribution < -0.4 is 25.2 Å². The number of methoxy groups -OCH3 is 1. The maximum atomic E-state index is 13.1. The van der Waals surface area contributed by atoms with Crippen molar-refractivity contribution in [2.45, 2.75) is 70.1 Å². The Morgan fingerprint density at radius 2 is 1.80 bits per heavy atom. The zero-order valence-corrected chi connectivity index (χ0v) is 27.2. The van der Waals surface area contributed by atoms with Gasteiger partial charge in [-0.25, -0.2) is 4.98 Å². The van der Waals surface area contributed by atoms with Gasteiger partial charge in [0.2, 0.25) is 0 Å². The van der Waals surface area contributed by atoms with Crippen LogP contribution in [0.3, 0.4) is 0 Å². The number of amides is 2. The molecule has 45 heavy (non-hydrogen) atoms. The number of anilines is 2. The summed E-state index contributed by atoms with van der Waals surface area (Å²) >= 11 is 0. The van der Waals surface area contributed by atoms with Crippen molar-refractivity contribution in [3.05, 3.63) is 83.0 Å². The van der Waals surface area contributed by atoms with E-state index in [0.29, 0.717) is 17.2 Å². The van der Waals surface area contributed by atoms with E-state index in [2.05, 4.69) is 63.6 Å². The number of piperidine rings is 1. The average molecular weight is 611 g/mol. The van der Waals surface area contributed by atoms with Crippen LogP contribution in [-0.4, -0.2) is 79.7 Å². The van der Waals surface area contributed by atoms with Gasteiger partial charge in [-0.2, -0.15) is 0 Å². The lowest BCUT2D eigenvalue weighted by atomic mass is 9.99. The van der Waals surface area contributed by atoms with Crippen molar-refractivity contribution in [1.82, 2.24) is 20.5 Å². The van der Waals surface area contributed by atoms with Crippen LogP contribution in [0.15, 0.2) is 60.8 Å². The molecule has 3 heterocycles.